The SMILES string of the molecule is Nc1ccc2c(c1)CCC2NC(=O)c1cscn1. The predicted molar refractivity (Wildman–Crippen MR) is 71.5 cm³/mol. The standard InChI is InChI=1S/C13H13N3OS/c14-9-2-3-10-8(5-9)1-4-11(10)16-13(17)12-6-18-7-15-12/h2-3,5-7,11H,1,4,14H2,(H,16,17). The molecule has 3 rings (SSSR count). The van der Waals surface area contributed by atoms with Crippen LogP contribution in [0.3, 0.4) is 0 Å². The Morgan fingerprint density at radius 2 is 2.39 bits per heavy atom. The summed E-state index contributed by atoms with van der Waals surface area (Å²) in [6, 6.07) is 5.95. The van der Waals surface area contributed by atoms with Gasteiger partial charge in [-0.25, -0.2) is 4.98 Å². The van der Waals surface area contributed by atoms with Gasteiger partial charge >= 0.3 is 0 Å². The van der Waals surface area contributed by atoms with Crippen LogP contribution in [-0.4, -0.2) is 10.9 Å². The number of anilines is 1. The van der Waals surface area contributed by atoms with E-state index in [9.17, 15) is 4.79 Å². The van der Waals surface area contributed by atoms with E-state index in [-0.39, 0.29) is 11.9 Å². The molecule has 1 aromatic carbocycles. The molecule has 1 atom stereocenters. The largest absolute Gasteiger partial charge is 0.399 e. The topological polar surface area (TPSA) is 68.0 Å². The third-order valence-corrected chi connectivity index (χ3v) is 3.80. The number of aromatic nitrogens is 1. The normalized spacial score (nSPS) is 17.4. The summed E-state index contributed by atoms with van der Waals surface area (Å²) in [5.74, 6) is -0.106. The molecule has 0 aliphatic heterocycles. The molecule has 3 N–H and O–H groups in total. The lowest BCUT2D eigenvalue weighted by molar-refractivity contribution is 0.0932. The Hall–Kier alpha value is -1.88. The van der Waals surface area contributed by atoms with Crippen molar-refractivity contribution in [3.8, 4) is 0 Å². The van der Waals surface area contributed by atoms with Gasteiger partial charge < -0.3 is 11.1 Å². The minimum Gasteiger partial charge on any atom is -0.399 e. The molecule has 92 valence electrons. The molecule has 0 bridgehead atoms. The maximum Gasteiger partial charge on any atom is 0.271 e. The highest BCUT2D eigenvalue weighted by Crippen LogP contribution is 2.32. The fourth-order valence-corrected chi connectivity index (χ4v) is 2.88. The van der Waals surface area contributed by atoms with Crippen molar-refractivity contribution in [3.63, 3.8) is 0 Å². The smallest absolute Gasteiger partial charge is 0.271 e. The van der Waals surface area contributed by atoms with Crippen LogP contribution in [0.5, 0.6) is 0 Å². The van der Waals surface area contributed by atoms with Gasteiger partial charge in [-0.15, -0.1) is 11.3 Å². The predicted octanol–water partition coefficient (Wildman–Crippen LogP) is 2.14. The fraction of sp³-hybridized carbons (Fsp3) is 0.231. The van der Waals surface area contributed by atoms with Gasteiger partial charge in [0.2, 0.25) is 0 Å². The van der Waals surface area contributed by atoms with Crippen molar-refractivity contribution in [2.45, 2.75) is 18.9 Å². The van der Waals surface area contributed by atoms with Crippen LogP contribution in [0.1, 0.15) is 34.1 Å². The lowest BCUT2D eigenvalue weighted by Crippen LogP contribution is -2.27. The lowest BCUT2D eigenvalue weighted by Gasteiger charge is -2.13. The van der Waals surface area contributed by atoms with Crippen LogP contribution in [0.4, 0.5) is 5.69 Å². The number of amides is 1. The van der Waals surface area contributed by atoms with E-state index in [4.69, 9.17) is 5.73 Å². The molecule has 2 aromatic rings. The van der Waals surface area contributed by atoms with Crippen LogP contribution >= 0.6 is 11.3 Å². The molecular weight excluding hydrogens is 246 g/mol. The molecule has 4 nitrogen and oxygen atoms in total. The number of fused-ring (bicyclic) bond motifs is 1. The average Bonchev–Trinajstić information content (AvgIpc) is 2.98. The molecule has 1 amide bonds. The van der Waals surface area contributed by atoms with Crippen molar-refractivity contribution >= 4 is 22.9 Å². The van der Waals surface area contributed by atoms with Crippen LogP contribution in [0.25, 0.3) is 0 Å². The van der Waals surface area contributed by atoms with Gasteiger partial charge in [-0.3, -0.25) is 4.79 Å². The first-order valence-electron chi connectivity index (χ1n) is 5.81. The molecule has 0 radical (unpaired) electrons. The molecule has 18 heavy (non-hydrogen) atoms. The highest BCUT2D eigenvalue weighted by Gasteiger charge is 2.24. The van der Waals surface area contributed by atoms with E-state index in [1.54, 1.807) is 10.9 Å². The Morgan fingerprint density at radius 1 is 1.50 bits per heavy atom. The third kappa shape index (κ3) is 1.97. The highest BCUT2D eigenvalue weighted by atomic mass is 32.1. The number of aryl methyl sites for hydroxylation is 1. The Balaban J connectivity index is 1.79. The van der Waals surface area contributed by atoms with Crippen LogP contribution in [0.15, 0.2) is 29.1 Å². The summed E-state index contributed by atoms with van der Waals surface area (Å²) in [5.41, 5.74) is 11.1. The van der Waals surface area contributed by atoms with Crippen LogP contribution in [-0.2, 0) is 6.42 Å². The number of carbonyl (C=O) groups excluding carboxylic acids is 1. The van der Waals surface area contributed by atoms with Gasteiger partial charge in [-0.05, 0) is 36.1 Å². The summed E-state index contributed by atoms with van der Waals surface area (Å²) in [4.78, 5) is 16.0. The number of benzene rings is 1. The molecule has 0 spiro atoms. The number of hydrogen-bond donors (Lipinski definition) is 2. The van der Waals surface area contributed by atoms with E-state index in [0.717, 1.165) is 18.5 Å². The van der Waals surface area contributed by atoms with Gasteiger partial charge in [0.05, 0.1) is 11.6 Å². The molecule has 0 saturated heterocycles. The Morgan fingerprint density at radius 3 is 3.17 bits per heavy atom. The number of rotatable bonds is 2. The van der Waals surface area contributed by atoms with Gasteiger partial charge in [0.15, 0.2) is 0 Å². The molecule has 1 aliphatic rings. The van der Waals surface area contributed by atoms with Crippen molar-refractivity contribution < 1.29 is 4.79 Å². The summed E-state index contributed by atoms with van der Waals surface area (Å²) >= 11 is 1.42. The third-order valence-electron chi connectivity index (χ3n) is 3.22. The number of nitrogen functional groups attached to an aromatic ring is 1. The van der Waals surface area contributed by atoms with Gasteiger partial charge in [0.1, 0.15) is 5.69 Å². The fourth-order valence-electron chi connectivity index (χ4n) is 2.34. The first-order chi connectivity index (χ1) is 8.74. The molecule has 0 fully saturated rings. The monoisotopic (exact) mass is 259 g/mol. The summed E-state index contributed by atoms with van der Waals surface area (Å²) in [5, 5.41) is 4.78. The second kappa shape index (κ2) is 4.42. The molecular formula is C13H13N3OS. The maximum absolute atomic E-state index is 11.9. The van der Waals surface area contributed by atoms with Crippen LogP contribution in [0, 0.1) is 0 Å². The Labute approximate surface area is 109 Å². The lowest BCUT2D eigenvalue weighted by atomic mass is 10.1. The van der Waals surface area contributed by atoms with E-state index < -0.39 is 0 Å². The van der Waals surface area contributed by atoms with E-state index >= 15 is 0 Å². The first kappa shape index (κ1) is 11.2. The van der Waals surface area contributed by atoms with E-state index in [1.807, 2.05) is 18.2 Å². The minimum absolute atomic E-state index is 0.0785. The quantitative estimate of drug-likeness (QED) is 0.812. The summed E-state index contributed by atoms with van der Waals surface area (Å²) < 4.78 is 0. The van der Waals surface area contributed by atoms with Crippen LogP contribution in [0.2, 0.25) is 0 Å². The van der Waals surface area contributed by atoms with Crippen LogP contribution < -0.4 is 11.1 Å². The molecule has 0 saturated carbocycles. The molecule has 1 unspecified atom stereocenters. The van der Waals surface area contributed by atoms with Gasteiger partial charge in [0.25, 0.3) is 5.91 Å². The first-order valence-corrected chi connectivity index (χ1v) is 6.75. The number of nitrogens with two attached hydrogens (primary N) is 1. The molecule has 1 aliphatic carbocycles. The molecule has 5 heteroatoms. The second-order valence-corrected chi connectivity index (χ2v) is 5.12. The Kier molecular flexibility index (Phi) is 2.76. The number of carbonyl (C=O) groups is 1. The van der Waals surface area contributed by atoms with E-state index in [2.05, 4.69) is 10.3 Å². The zero-order chi connectivity index (χ0) is 12.5. The maximum atomic E-state index is 11.9. The van der Waals surface area contributed by atoms with Crippen molar-refractivity contribution in [3.05, 3.63) is 45.9 Å². The number of nitrogens with one attached hydrogen (secondary N) is 1. The Bertz CT molecular complexity index is 580. The highest BCUT2D eigenvalue weighted by molar-refractivity contribution is 7.07. The number of nitrogens with zero attached hydrogens (tertiary/aromatic N) is 1. The zero-order valence-electron chi connectivity index (χ0n) is 9.72. The minimum atomic E-state index is -0.106. The van der Waals surface area contributed by atoms with Gasteiger partial charge in [-0.1, -0.05) is 6.07 Å². The van der Waals surface area contributed by atoms with E-state index in [1.165, 1.54) is 22.5 Å². The average molecular weight is 259 g/mol. The second-order valence-electron chi connectivity index (χ2n) is 4.40. The van der Waals surface area contributed by atoms with Gasteiger partial charge in [-0.2, -0.15) is 0 Å². The zero-order valence-corrected chi connectivity index (χ0v) is 10.5. The molecule has 1 heterocycles. The summed E-state index contributed by atoms with van der Waals surface area (Å²) in [6.07, 6.45) is 1.89. The van der Waals surface area contributed by atoms with E-state index in [0.29, 0.717) is 5.69 Å². The number of hydrogen-bond acceptors (Lipinski definition) is 4. The number of thiazole rings is 1. The van der Waals surface area contributed by atoms with Gasteiger partial charge in [0, 0.05) is 11.1 Å². The molecule has 1 aromatic heterocycles. The van der Waals surface area contributed by atoms with Crippen molar-refractivity contribution in [1.29, 1.82) is 0 Å². The van der Waals surface area contributed by atoms with Crippen molar-refractivity contribution in [1.82, 2.24) is 10.3 Å². The summed E-state index contributed by atoms with van der Waals surface area (Å²) in [6.45, 7) is 0. The summed E-state index contributed by atoms with van der Waals surface area (Å²) in [7, 11) is 0. The van der Waals surface area contributed by atoms with Crippen molar-refractivity contribution in [2.75, 3.05) is 5.73 Å². The van der Waals surface area contributed by atoms with Crippen molar-refractivity contribution in [2.24, 2.45) is 0 Å².